The van der Waals surface area contributed by atoms with Crippen LogP contribution in [-0.2, 0) is 0 Å². The third-order valence-electron chi connectivity index (χ3n) is 4.99. The summed E-state index contributed by atoms with van der Waals surface area (Å²) in [6.07, 6.45) is 4.75. The minimum Gasteiger partial charge on any atom is -0.493 e. The predicted molar refractivity (Wildman–Crippen MR) is 111 cm³/mol. The van der Waals surface area contributed by atoms with Crippen LogP contribution in [0.25, 0.3) is 12.2 Å². The number of aromatic nitrogens is 1. The Kier molecular flexibility index (Phi) is 6.32. The largest absolute Gasteiger partial charge is 0.493 e. The molecule has 0 spiro atoms. The van der Waals surface area contributed by atoms with E-state index < -0.39 is 0 Å². The van der Waals surface area contributed by atoms with Crippen LogP contribution in [0, 0.1) is 23.2 Å². The van der Waals surface area contributed by atoms with Gasteiger partial charge in [-0.3, -0.25) is 0 Å². The molecule has 154 valence electrons. The number of oxazole rings is 1. The minimum atomic E-state index is 0.316. The molecule has 7 nitrogen and oxygen atoms in total. The Morgan fingerprint density at radius 1 is 1.07 bits per heavy atom. The van der Waals surface area contributed by atoms with Gasteiger partial charge in [0.2, 0.25) is 23.2 Å². The van der Waals surface area contributed by atoms with E-state index in [-0.39, 0.29) is 0 Å². The smallest absolute Gasteiger partial charge is 0.235 e. The summed E-state index contributed by atoms with van der Waals surface area (Å²) in [5.41, 5.74) is 1.15. The number of nitrogens with zero attached hydrogens (tertiary/aromatic N) is 3. The average molecular weight is 397 g/mol. The maximum atomic E-state index is 9.50. The van der Waals surface area contributed by atoms with Crippen molar-refractivity contribution in [2.75, 3.05) is 39.3 Å². The Labute approximate surface area is 171 Å². The highest BCUT2D eigenvalue weighted by Gasteiger charge is 2.27. The maximum absolute atomic E-state index is 9.50. The summed E-state index contributed by atoms with van der Waals surface area (Å²) in [6, 6.07) is 5.82. The molecule has 0 amide bonds. The zero-order chi connectivity index (χ0) is 21.0. The molecule has 1 aliphatic rings. The van der Waals surface area contributed by atoms with Crippen molar-refractivity contribution in [1.82, 2.24) is 4.98 Å². The molecule has 0 radical (unpaired) electrons. The number of nitriles is 1. The molecule has 1 aliphatic heterocycles. The number of methoxy groups -OCH3 is 3. The standard InChI is InChI=1S/C22H27N3O4/c1-14-8-15(2)13-25(12-14)22-17(11-23)24-20(29-22)7-6-16-9-18(26-3)21(28-5)19(10-16)27-4/h6-7,9-10,14-15H,8,12-13H2,1-5H3/b7-6+/t14-,15-/m0/s1. The van der Waals surface area contributed by atoms with E-state index in [0.717, 1.165) is 18.7 Å². The van der Waals surface area contributed by atoms with Crippen molar-refractivity contribution in [1.29, 1.82) is 5.26 Å². The summed E-state index contributed by atoms with van der Waals surface area (Å²) >= 11 is 0. The van der Waals surface area contributed by atoms with Crippen molar-refractivity contribution in [2.24, 2.45) is 11.8 Å². The molecule has 1 fully saturated rings. The Bertz CT molecular complexity index is 894. The summed E-state index contributed by atoms with van der Waals surface area (Å²) in [7, 11) is 4.71. The molecule has 7 heteroatoms. The second-order valence-electron chi connectivity index (χ2n) is 7.46. The van der Waals surface area contributed by atoms with Gasteiger partial charge in [-0.15, -0.1) is 0 Å². The molecule has 0 aliphatic carbocycles. The second kappa shape index (κ2) is 8.91. The molecule has 2 aromatic rings. The van der Waals surface area contributed by atoms with Crippen LogP contribution >= 0.6 is 0 Å². The van der Waals surface area contributed by atoms with Gasteiger partial charge in [0, 0.05) is 19.2 Å². The number of piperidine rings is 1. The van der Waals surface area contributed by atoms with Crippen LogP contribution in [0.1, 0.15) is 37.4 Å². The van der Waals surface area contributed by atoms with Crippen LogP contribution in [0.5, 0.6) is 17.2 Å². The van der Waals surface area contributed by atoms with Gasteiger partial charge in [-0.2, -0.15) is 10.2 Å². The lowest BCUT2D eigenvalue weighted by atomic mass is 9.92. The van der Waals surface area contributed by atoms with Gasteiger partial charge in [-0.1, -0.05) is 13.8 Å². The lowest BCUT2D eigenvalue weighted by molar-refractivity contribution is 0.324. The Morgan fingerprint density at radius 2 is 1.69 bits per heavy atom. The van der Waals surface area contributed by atoms with Gasteiger partial charge < -0.3 is 23.5 Å². The molecule has 2 heterocycles. The third kappa shape index (κ3) is 4.48. The van der Waals surface area contributed by atoms with Crippen LogP contribution in [-0.4, -0.2) is 39.4 Å². The highest BCUT2D eigenvalue weighted by Crippen LogP contribution is 2.38. The molecule has 3 rings (SSSR count). The molecule has 1 aromatic carbocycles. The fourth-order valence-corrected chi connectivity index (χ4v) is 3.88. The maximum Gasteiger partial charge on any atom is 0.235 e. The van der Waals surface area contributed by atoms with Gasteiger partial charge in [0.05, 0.1) is 21.3 Å². The van der Waals surface area contributed by atoms with Gasteiger partial charge in [0.15, 0.2) is 11.5 Å². The summed E-state index contributed by atoms with van der Waals surface area (Å²) in [5, 5.41) is 9.50. The first-order valence-corrected chi connectivity index (χ1v) is 9.63. The van der Waals surface area contributed by atoms with Crippen LogP contribution in [0.2, 0.25) is 0 Å². The molecule has 1 aromatic heterocycles. The van der Waals surface area contributed by atoms with Gasteiger partial charge in [-0.25, -0.2) is 0 Å². The highest BCUT2D eigenvalue weighted by atomic mass is 16.5. The Hall–Kier alpha value is -3.14. The molecular weight excluding hydrogens is 370 g/mol. The van der Waals surface area contributed by atoms with Gasteiger partial charge in [0.25, 0.3) is 0 Å². The molecular formula is C22H27N3O4. The van der Waals surface area contributed by atoms with Crippen molar-refractivity contribution >= 4 is 18.0 Å². The fourth-order valence-electron chi connectivity index (χ4n) is 3.88. The van der Waals surface area contributed by atoms with Gasteiger partial charge in [0.1, 0.15) is 6.07 Å². The highest BCUT2D eigenvalue weighted by molar-refractivity contribution is 5.71. The third-order valence-corrected chi connectivity index (χ3v) is 4.99. The second-order valence-corrected chi connectivity index (χ2v) is 7.46. The topological polar surface area (TPSA) is 80.8 Å². The quantitative estimate of drug-likeness (QED) is 0.722. The normalized spacial score (nSPS) is 19.2. The molecule has 2 atom stereocenters. The van der Waals surface area contributed by atoms with E-state index in [2.05, 4.69) is 29.8 Å². The number of anilines is 1. The van der Waals surface area contributed by atoms with Crippen molar-refractivity contribution in [3.63, 3.8) is 0 Å². The Balaban J connectivity index is 1.88. The zero-order valence-electron chi connectivity index (χ0n) is 17.6. The average Bonchev–Trinajstić information content (AvgIpc) is 3.14. The van der Waals surface area contributed by atoms with Crippen molar-refractivity contribution in [3.05, 3.63) is 29.3 Å². The molecule has 29 heavy (non-hydrogen) atoms. The van der Waals surface area contributed by atoms with E-state index in [1.165, 1.54) is 6.42 Å². The van der Waals surface area contributed by atoms with Gasteiger partial charge in [-0.05, 0) is 42.0 Å². The summed E-state index contributed by atoms with van der Waals surface area (Å²) < 4.78 is 22.1. The summed E-state index contributed by atoms with van der Waals surface area (Å²) in [4.78, 5) is 6.47. The first-order chi connectivity index (χ1) is 14.0. The van der Waals surface area contributed by atoms with E-state index in [1.54, 1.807) is 27.4 Å². The van der Waals surface area contributed by atoms with E-state index >= 15 is 0 Å². The SMILES string of the molecule is COc1cc(/C=C/c2nc(C#N)c(N3C[C@@H](C)C[C@H](C)C3)o2)cc(OC)c1OC. The molecule has 0 unspecified atom stereocenters. The van der Waals surface area contributed by atoms with Crippen LogP contribution < -0.4 is 19.1 Å². The lowest BCUT2D eigenvalue weighted by Crippen LogP contribution is -2.38. The number of hydrogen-bond donors (Lipinski definition) is 0. The number of rotatable bonds is 6. The lowest BCUT2D eigenvalue weighted by Gasteiger charge is -2.34. The number of hydrogen-bond acceptors (Lipinski definition) is 7. The van der Waals surface area contributed by atoms with Gasteiger partial charge >= 0.3 is 0 Å². The molecule has 0 bridgehead atoms. The van der Waals surface area contributed by atoms with Crippen molar-refractivity contribution in [2.45, 2.75) is 20.3 Å². The molecule has 0 N–H and O–H groups in total. The first-order valence-electron chi connectivity index (χ1n) is 9.63. The van der Waals surface area contributed by atoms with Crippen molar-refractivity contribution in [3.8, 4) is 23.3 Å². The van der Waals surface area contributed by atoms with E-state index in [1.807, 2.05) is 18.2 Å². The van der Waals surface area contributed by atoms with Crippen LogP contribution in [0.4, 0.5) is 5.88 Å². The fraction of sp³-hybridized carbons (Fsp3) is 0.455. The van der Waals surface area contributed by atoms with Crippen LogP contribution in [0.3, 0.4) is 0 Å². The monoisotopic (exact) mass is 397 g/mol. The molecule has 0 saturated carbocycles. The summed E-state index contributed by atoms with van der Waals surface area (Å²) in [5.74, 6) is 3.70. The molecule has 1 saturated heterocycles. The minimum absolute atomic E-state index is 0.316. The predicted octanol–water partition coefficient (Wildman–Crippen LogP) is 4.22. The van der Waals surface area contributed by atoms with Crippen LogP contribution in [0.15, 0.2) is 16.5 Å². The zero-order valence-corrected chi connectivity index (χ0v) is 17.6. The summed E-state index contributed by atoms with van der Waals surface area (Å²) in [6.45, 7) is 6.17. The van der Waals surface area contributed by atoms with E-state index in [0.29, 0.717) is 46.6 Å². The van der Waals surface area contributed by atoms with Crippen molar-refractivity contribution < 1.29 is 18.6 Å². The number of ether oxygens (including phenoxy) is 3. The number of benzene rings is 1. The Morgan fingerprint density at radius 3 is 2.21 bits per heavy atom. The van der Waals surface area contributed by atoms with E-state index in [9.17, 15) is 5.26 Å². The first kappa shape index (κ1) is 20.6. The van der Waals surface area contributed by atoms with E-state index in [4.69, 9.17) is 18.6 Å².